The number of amides is 1. The summed E-state index contributed by atoms with van der Waals surface area (Å²) in [7, 11) is -3.74. The van der Waals surface area contributed by atoms with Gasteiger partial charge in [-0.3, -0.25) is 14.8 Å². The van der Waals surface area contributed by atoms with E-state index in [0.29, 0.717) is 38.0 Å². The molecule has 4 atom stereocenters. The van der Waals surface area contributed by atoms with Crippen LogP contribution in [0.15, 0.2) is 95.1 Å². The molecule has 49 heavy (non-hydrogen) atoms. The van der Waals surface area contributed by atoms with Gasteiger partial charge in [0.05, 0.1) is 23.0 Å². The minimum absolute atomic E-state index is 0.0940. The van der Waals surface area contributed by atoms with Crippen molar-refractivity contribution in [2.75, 3.05) is 25.0 Å². The number of pyridine rings is 1. The highest BCUT2D eigenvalue weighted by atomic mass is 32.2. The summed E-state index contributed by atoms with van der Waals surface area (Å²) in [5.74, 6) is -4.99. The van der Waals surface area contributed by atoms with Gasteiger partial charge in [0.1, 0.15) is 29.3 Å². The SMILES string of the molecule is C=N[C@H](C(=O)Nc1cncc(F)c1CCC[C@H]1CNCCN1S(=O)(=O)c1ccccc1)[C@@H](c1ccc(F)cc1)[C@@H](C)c1cc(F)cc(F)c1. The van der Waals surface area contributed by atoms with Gasteiger partial charge in [0, 0.05) is 43.2 Å². The number of halogens is 4. The Morgan fingerprint density at radius 1 is 1.00 bits per heavy atom. The minimum atomic E-state index is -3.74. The largest absolute Gasteiger partial charge is 0.323 e. The molecule has 0 aliphatic carbocycles. The van der Waals surface area contributed by atoms with Gasteiger partial charge >= 0.3 is 0 Å². The monoisotopic (exact) mass is 695 g/mol. The van der Waals surface area contributed by atoms with E-state index in [2.05, 4.69) is 27.3 Å². The lowest BCUT2D eigenvalue weighted by Crippen LogP contribution is -2.53. The van der Waals surface area contributed by atoms with E-state index in [1.807, 2.05) is 0 Å². The van der Waals surface area contributed by atoms with Crippen molar-refractivity contribution in [2.24, 2.45) is 4.99 Å². The molecule has 0 bridgehead atoms. The maximum Gasteiger partial charge on any atom is 0.249 e. The first-order valence-electron chi connectivity index (χ1n) is 15.9. The zero-order valence-electron chi connectivity index (χ0n) is 26.8. The molecule has 1 aliphatic rings. The molecule has 2 heterocycles. The molecular formula is C36H37F4N5O3S. The highest BCUT2D eigenvalue weighted by Crippen LogP contribution is 2.38. The van der Waals surface area contributed by atoms with Gasteiger partial charge in [-0.15, -0.1) is 0 Å². The number of carbonyl (C=O) groups excluding carboxylic acids is 1. The van der Waals surface area contributed by atoms with Crippen LogP contribution in [0, 0.1) is 23.3 Å². The molecule has 3 aromatic carbocycles. The van der Waals surface area contributed by atoms with Crippen molar-refractivity contribution in [3.63, 3.8) is 0 Å². The van der Waals surface area contributed by atoms with Crippen molar-refractivity contribution in [3.05, 3.63) is 125 Å². The zero-order chi connectivity index (χ0) is 35.1. The third-order valence-electron chi connectivity index (χ3n) is 8.88. The summed E-state index contributed by atoms with van der Waals surface area (Å²) < 4.78 is 85.9. The Bertz CT molecular complexity index is 1860. The fraction of sp³-hybridized carbons (Fsp3) is 0.306. The fourth-order valence-corrected chi connectivity index (χ4v) is 8.09. The predicted octanol–water partition coefficient (Wildman–Crippen LogP) is 6.22. The molecule has 2 N–H and O–H groups in total. The normalized spacial score (nSPS) is 17.2. The second kappa shape index (κ2) is 15.8. The van der Waals surface area contributed by atoms with Crippen molar-refractivity contribution in [2.45, 2.75) is 55.0 Å². The van der Waals surface area contributed by atoms with Gasteiger partial charge in [-0.25, -0.2) is 26.0 Å². The van der Waals surface area contributed by atoms with Crippen molar-refractivity contribution in [1.29, 1.82) is 0 Å². The lowest BCUT2D eigenvalue weighted by atomic mass is 9.77. The number of piperazine rings is 1. The van der Waals surface area contributed by atoms with Gasteiger partial charge in [0.25, 0.3) is 0 Å². The average Bonchev–Trinajstić information content (AvgIpc) is 3.08. The first-order chi connectivity index (χ1) is 23.5. The summed E-state index contributed by atoms with van der Waals surface area (Å²) in [5.41, 5.74) is 0.990. The van der Waals surface area contributed by atoms with Gasteiger partial charge in [0.2, 0.25) is 15.9 Å². The van der Waals surface area contributed by atoms with Crippen LogP contribution in [0.4, 0.5) is 23.2 Å². The van der Waals surface area contributed by atoms with Crippen LogP contribution in [0.1, 0.15) is 48.3 Å². The first-order valence-corrected chi connectivity index (χ1v) is 17.3. The molecular weight excluding hydrogens is 658 g/mol. The van der Waals surface area contributed by atoms with Crippen LogP contribution < -0.4 is 10.6 Å². The smallest absolute Gasteiger partial charge is 0.249 e. The van der Waals surface area contributed by atoms with E-state index in [1.54, 1.807) is 37.3 Å². The van der Waals surface area contributed by atoms with Gasteiger partial charge in [0.15, 0.2) is 0 Å². The molecule has 258 valence electrons. The Balaban J connectivity index is 1.36. The van der Waals surface area contributed by atoms with Crippen LogP contribution in [0.3, 0.4) is 0 Å². The molecule has 0 saturated carbocycles. The standard InChI is InChI=1S/C36H37F4N5O3S/c1-23(25-17-27(38)19-28(39)18-25)34(24-11-13-26(37)14-12-24)35(41-2)36(46)44-33-22-43-21-32(40)31(33)10-6-7-29-20-42-15-16-45(29)49(47,48)30-8-4-3-5-9-30/h3-5,8-9,11-14,17-19,21-23,29,34-35,42H,2,6-7,10,15-16,20H2,1H3,(H,44,46)/t23-,29-,34+,35-/m0/s1. The number of sulfonamides is 1. The van der Waals surface area contributed by atoms with E-state index < -0.39 is 57.1 Å². The van der Waals surface area contributed by atoms with E-state index in [4.69, 9.17) is 0 Å². The summed E-state index contributed by atoms with van der Waals surface area (Å²) in [5, 5.41) is 5.95. The maximum atomic E-state index is 15.2. The molecule has 4 aromatic rings. The van der Waals surface area contributed by atoms with Crippen LogP contribution in [-0.4, -0.2) is 62.0 Å². The average molecular weight is 696 g/mol. The summed E-state index contributed by atoms with van der Waals surface area (Å²) in [6.45, 7) is 6.50. The quantitative estimate of drug-likeness (QED) is 0.128. The molecule has 1 fully saturated rings. The van der Waals surface area contributed by atoms with Gasteiger partial charge < -0.3 is 10.6 Å². The highest BCUT2D eigenvalue weighted by molar-refractivity contribution is 7.89. The predicted molar refractivity (Wildman–Crippen MR) is 180 cm³/mol. The van der Waals surface area contributed by atoms with Crippen LogP contribution in [-0.2, 0) is 21.2 Å². The number of nitrogens with zero attached hydrogens (tertiary/aromatic N) is 3. The van der Waals surface area contributed by atoms with Crippen molar-refractivity contribution < 1.29 is 30.8 Å². The Labute approximate surface area is 283 Å². The molecule has 1 aliphatic heterocycles. The van der Waals surface area contributed by atoms with E-state index in [-0.39, 0.29) is 34.2 Å². The number of nitrogens with one attached hydrogen (secondary N) is 2. The minimum Gasteiger partial charge on any atom is -0.323 e. The third-order valence-corrected chi connectivity index (χ3v) is 10.8. The number of hydrogen-bond donors (Lipinski definition) is 2. The van der Waals surface area contributed by atoms with E-state index in [9.17, 15) is 26.4 Å². The lowest BCUT2D eigenvalue weighted by molar-refractivity contribution is -0.117. The number of carbonyl (C=O) groups is 1. The van der Waals surface area contributed by atoms with Crippen molar-refractivity contribution in [1.82, 2.24) is 14.6 Å². The molecule has 0 spiro atoms. The fourth-order valence-electron chi connectivity index (χ4n) is 6.41. The number of rotatable bonds is 13. The number of hydrogen-bond acceptors (Lipinski definition) is 6. The Morgan fingerprint density at radius 3 is 2.37 bits per heavy atom. The molecule has 0 radical (unpaired) electrons. The molecule has 5 rings (SSSR count). The zero-order valence-corrected chi connectivity index (χ0v) is 27.6. The Hall–Kier alpha value is -4.46. The maximum absolute atomic E-state index is 15.2. The Kier molecular flexibility index (Phi) is 11.6. The van der Waals surface area contributed by atoms with Gasteiger partial charge in [-0.2, -0.15) is 4.31 Å². The topological polar surface area (TPSA) is 104 Å². The second-order valence-corrected chi connectivity index (χ2v) is 13.9. The van der Waals surface area contributed by atoms with Crippen LogP contribution in [0.5, 0.6) is 0 Å². The number of aliphatic imine (C=N–C) groups is 1. The molecule has 1 aromatic heterocycles. The molecule has 13 heteroatoms. The molecule has 8 nitrogen and oxygen atoms in total. The lowest BCUT2D eigenvalue weighted by Gasteiger charge is -2.35. The number of benzene rings is 3. The third kappa shape index (κ3) is 8.41. The van der Waals surface area contributed by atoms with Gasteiger partial charge in [-0.1, -0.05) is 37.3 Å². The second-order valence-electron chi connectivity index (χ2n) is 12.0. The van der Waals surface area contributed by atoms with Gasteiger partial charge in [-0.05, 0) is 79.4 Å². The van der Waals surface area contributed by atoms with E-state index in [1.165, 1.54) is 34.8 Å². The highest BCUT2D eigenvalue weighted by Gasteiger charge is 2.36. The Morgan fingerprint density at radius 2 is 1.69 bits per heavy atom. The molecule has 1 amide bonds. The summed E-state index contributed by atoms with van der Waals surface area (Å²) in [6, 6.07) is 15.0. The summed E-state index contributed by atoms with van der Waals surface area (Å²) in [4.78, 5) is 22.1. The first kappa shape index (κ1) is 35.8. The van der Waals surface area contributed by atoms with Crippen molar-refractivity contribution >= 4 is 28.3 Å². The summed E-state index contributed by atoms with van der Waals surface area (Å²) >= 11 is 0. The van der Waals surface area contributed by atoms with E-state index >= 15 is 4.39 Å². The molecule has 1 saturated heterocycles. The van der Waals surface area contributed by atoms with Crippen LogP contribution in [0.25, 0.3) is 0 Å². The number of anilines is 1. The molecule has 0 unspecified atom stereocenters. The van der Waals surface area contributed by atoms with E-state index in [0.717, 1.165) is 24.4 Å². The summed E-state index contributed by atoms with van der Waals surface area (Å²) in [6.07, 6.45) is 3.31. The van der Waals surface area contributed by atoms with Crippen molar-refractivity contribution in [3.8, 4) is 0 Å². The number of aromatic nitrogens is 1. The van der Waals surface area contributed by atoms with Crippen LogP contribution in [0.2, 0.25) is 0 Å². The van der Waals surface area contributed by atoms with Crippen LogP contribution >= 0.6 is 0 Å².